The molecule has 6 nitrogen and oxygen atoms in total. The minimum atomic E-state index is -0.334. The molecule has 0 fully saturated rings. The Morgan fingerprint density at radius 2 is 2.47 bits per heavy atom. The number of carbonyl (C=O) groups excluding carboxylic acids is 1. The van der Waals surface area contributed by atoms with Crippen LogP contribution in [0.3, 0.4) is 0 Å². The molecule has 0 bridgehead atoms. The van der Waals surface area contributed by atoms with Crippen LogP contribution in [0.1, 0.15) is 16.2 Å². The maximum atomic E-state index is 11.6. The number of nitrogens with two attached hydrogens (primary N) is 1. The molecule has 0 aliphatic heterocycles. The van der Waals surface area contributed by atoms with Crippen LogP contribution in [0.2, 0.25) is 0 Å². The summed E-state index contributed by atoms with van der Waals surface area (Å²) in [6, 6.07) is 0. The highest BCUT2D eigenvalue weighted by Gasteiger charge is 2.12. The smallest absolute Gasteiger partial charge is 0.277 e. The van der Waals surface area contributed by atoms with E-state index in [4.69, 9.17) is 5.73 Å². The Morgan fingerprint density at radius 1 is 1.67 bits per heavy atom. The lowest BCUT2D eigenvalue weighted by Gasteiger charge is -1.98. The molecule has 2 aromatic rings. The molecule has 15 heavy (non-hydrogen) atoms. The average Bonchev–Trinajstić information content (AvgIpc) is 2.75. The predicted octanol–water partition coefficient (Wildman–Crippen LogP) is 1.01. The number of hydrogen-bond acceptors (Lipinski definition) is 5. The molecule has 7 heteroatoms. The van der Waals surface area contributed by atoms with Gasteiger partial charge >= 0.3 is 0 Å². The fraction of sp³-hybridized carbons (Fsp3) is 0.125. The number of thiazole rings is 1. The fourth-order valence-electron chi connectivity index (χ4n) is 1.05. The van der Waals surface area contributed by atoms with Crippen molar-refractivity contribution in [1.29, 1.82) is 0 Å². The Kier molecular flexibility index (Phi) is 2.38. The molecule has 0 radical (unpaired) electrons. The van der Waals surface area contributed by atoms with Crippen LogP contribution in [0.5, 0.6) is 0 Å². The van der Waals surface area contributed by atoms with Crippen LogP contribution >= 0.6 is 11.3 Å². The monoisotopic (exact) mass is 223 g/mol. The topological polar surface area (TPSA) is 96.7 Å². The van der Waals surface area contributed by atoms with Crippen molar-refractivity contribution in [1.82, 2.24) is 15.2 Å². The van der Waals surface area contributed by atoms with Gasteiger partial charge in [-0.3, -0.25) is 15.2 Å². The van der Waals surface area contributed by atoms with E-state index in [1.807, 2.05) is 12.3 Å². The van der Waals surface area contributed by atoms with Crippen molar-refractivity contribution >= 4 is 28.1 Å². The highest BCUT2D eigenvalue weighted by Crippen LogP contribution is 2.16. The van der Waals surface area contributed by atoms with Crippen LogP contribution in [0.25, 0.3) is 0 Å². The fourth-order valence-corrected chi connectivity index (χ4v) is 1.73. The molecule has 0 unspecified atom stereocenters. The first-order valence-corrected chi connectivity index (χ1v) is 5.07. The molecule has 4 N–H and O–H groups in total. The second-order valence-electron chi connectivity index (χ2n) is 2.95. The minimum Gasteiger partial charge on any atom is -0.396 e. The van der Waals surface area contributed by atoms with E-state index in [2.05, 4.69) is 20.5 Å². The van der Waals surface area contributed by atoms with E-state index >= 15 is 0 Å². The van der Waals surface area contributed by atoms with E-state index < -0.39 is 0 Å². The van der Waals surface area contributed by atoms with Gasteiger partial charge in [-0.25, -0.2) is 4.98 Å². The van der Waals surface area contributed by atoms with Crippen molar-refractivity contribution < 1.29 is 4.79 Å². The van der Waals surface area contributed by atoms with Crippen LogP contribution < -0.4 is 11.1 Å². The van der Waals surface area contributed by atoms with Gasteiger partial charge in [-0.2, -0.15) is 5.10 Å². The van der Waals surface area contributed by atoms with E-state index in [1.54, 1.807) is 0 Å². The van der Waals surface area contributed by atoms with E-state index in [9.17, 15) is 4.79 Å². The number of aromatic amines is 1. The lowest BCUT2D eigenvalue weighted by atomic mass is 10.3. The van der Waals surface area contributed by atoms with E-state index in [0.29, 0.717) is 10.8 Å². The molecule has 2 aromatic heterocycles. The number of carbonyl (C=O) groups is 1. The maximum absolute atomic E-state index is 11.6. The molecule has 0 saturated carbocycles. The third-order valence-electron chi connectivity index (χ3n) is 1.74. The summed E-state index contributed by atoms with van der Waals surface area (Å²) in [7, 11) is 0. The number of H-pyrrole nitrogens is 1. The quantitative estimate of drug-likeness (QED) is 0.707. The average molecular weight is 223 g/mol. The Morgan fingerprint density at radius 3 is 3.00 bits per heavy atom. The second-order valence-corrected chi connectivity index (χ2v) is 3.81. The van der Waals surface area contributed by atoms with Crippen molar-refractivity contribution in [3.63, 3.8) is 0 Å². The molecule has 0 atom stereocenters. The lowest BCUT2D eigenvalue weighted by Crippen LogP contribution is -2.13. The van der Waals surface area contributed by atoms with Crippen molar-refractivity contribution in [2.45, 2.75) is 6.92 Å². The van der Waals surface area contributed by atoms with Gasteiger partial charge in [-0.05, 0) is 6.92 Å². The summed E-state index contributed by atoms with van der Waals surface area (Å²) >= 11 is 1.36. The summed E-state index contributed by atoms with van der Waals surface area (Å²) in [4.78, 5) is 15.7. The van der Waals surface area contributed by atoms with Crippen LogP contribution in [-0.4, -0.2) is 21.1 Å². The molecule has 2 heterocycles. The van der Waals surface area contributed by atoms with Gasteiger partial charge < -0.3 is 5.73 Å². The first-order chi connectivity index (χ1) is 7.16. The van der Waals surface area contributed by atoms with E-state index in [0.717, 1.165) is 5.69 Å². The van der Waals surface area contributed by atoms with Gasteiger partial charge in [-0.1, -0.05) is 0 Å². The Balaban J connectivity index is 2.14. The minimum absolute atomic E-state index is 0.253. The number of amides is 1. The highest BCUT2D eigenvalue weighted by molar-refractivity contribution is 7.13. The summed E-state index contributed by atoms with van der Waals surface area (Å²) in [5.74, 6) is -0.334. The zero-order chi connectivity index (χ0) is 10.8. The molecule has 0 aliphatic carbocycles. The van der Waals surface area contributed by atoms with Crippen molar-refractivity contribution in [2.24, 2.45) is 0 Å². The molecule has 0 aromatic carbocycles. The number of nitrogens with zero attached hydrogens (tertiary/aromatic N) is 2. The van der Waals surface area contributed by atoms with E-state index in [1.165, 1.54) is 17.5 Å². The summed E-state index contributed by atoms with van der Waals surface area (Å²) in [6.07, 6.45) is 1.39. The number of anilines is 2. The van der Waals surface area contributed by atoms with Crippen LogP contribution in [0.15, 0.2) is 11.6 Å². The summed E-state index contributed by atoms with van der Waals surface area (Å²) in [5.41, 5.74) is 6.97. The third kappa shape index (κ3) is 1.96. The molecular weight excluding hydrogens is 214 g/mol. The van der Waals surface area contributed by atoms with Gasteiger partial charge in [-0.15, -0.1) is 11.3 Å². The van der Waals surface area contributed by atoms with Gasteiger partial charge in [0.05, 0.1) is 17.6 Å². The van der Waals surface area contributed by atoms with Gasteiger partial charge in [0.15, 0.2) is 5.13 Å². The zero-order valence-electron chi connectivity index (χ0n) is 7.94. The Hall–Kier alpha value is -1.89. The number of rotatable bonds is 2. The van der Waals surface area contributed by atoms with Crippen LogP contribution in [0.4, 0.5) is 10.8 Å². The van der Waals surface area contributed by atoms with Crippen LogP contribution in [0, 0.1) is 6.92 Å². The lowest BCUT2D eigenvalue weighted by molar-refractivity contribution is 0.102. The standard InChI is InChI=1S/C8H9N5OS/c1-4-3-15-8(11-4)12-7(14)6-5(9)2-10-13-6/h2-3H,9H2,1H3,(H,10,13)(H,11,12,14). The number of aromatic nitrogens is 3. The van der Waals surface area contributed by atoms with Gasteiger partial charge in [0.25, 0.3) is 5.91 Å². The third-order valence-corrected chi connectivity index (χ3v) is 2.61. The van der Waals surface area contributed by atoms with Gasteiger partial charge in [0.2, 0.25) is 0 Å². The Labute approximate surface area is 89.5 Å². The molecule has 78 valence electrons. The maximum Gasteiger partial charge on any atom is 0.277 e. The van der Waals surface area contributed by atoms with E-state index in [-0.39, 0.29) is 11.6 Å². The molecule has 2 rings (SSSR count). The van der Waals surface area contributed by atoms with Crippen LogP contribution in [-0.2, 0) is 0 Å². The highest BCUT2D eigenvalue weighted by atomic mass is 32.1. The van der Waals surface area contributed by atoms with Crippen molar-refractivity contribution in [3.8, 4) is 0 Å². The SMILES string of the molecule is Cc1csc(NC(=O)c2[nH]ncc2N)n1. The van der Waals surface area contributed by atoms with Gasteiger partial charge in [0.1, 0.15) is 5.69 Å². The van der Waals surface area contributed by atoms with Crippen molar-refractivity contribution in [3.05, 3.63) is 23.0 Å². The summed E-state index contributed by atoms with van der Waals surface area (Å²) in [5, 5.41) is 11.2. The molecule has 0 aliphatic rings. The summed E-state index contributed by atoms with van der Waals surface area (Å²) in [6.45, 7) is 1.86. The number of hydrogen-bond donors (Lipinski definition) is 3. The Bertz CT molecular complexity index is 489. The largest absolute Gasteiger partial charge is 0.396 e. The van der Waals surface area contributed by atoms with Crippen molar-refractivity contribution in [2.75, 3.05) is 11.1 Å². The number of aryl methyl sites for hydroxylation is 1. The second kappa shape index (κ2) is 3.70. The first kappa shape index (κ1) is 9.66. The first-order valence-electron chi connectivity index (χ1n) is 4.19. The normalized spacial score (nSPS) is 10.2. The number of nitrogen functional groups attached to an aromatic ring is 1. The zero-order valence-corrected chi connectivity index (χ0v) is 8.76. The molecular formula is C8H9N5OS. The predicted molar refractivity (Wildman–Crippen MR) is 57.8 cm³/mol. The summed E-state index contributed by atoms with van der Waals surface area (Å²) < 4.78 is 0. The molecule has 1 amide bonds. The number of nitrogens with one attached hydrogen (secondary N) is 2. The van der Waals surface area contributed by atoms with Gasteiger partial charge in [0, 0.05) is 5.38 Å². The molecule has 0 saturated heterocycles. The molecule has 0 spiro atoms.